The standard InChI is InChI=1S/C27H29N3O3S/c1-17-10-12-21(13-11-17)30-26(32)22-8-6-7-9-24(22)28-27(30)34-16-25(31)23-14-18(2)29(20(23)4)19(3)15-33-5/h6-14,19H,15-16H2,1-5H3/t19-/m0/s1. The van der Waals surface area contributed by atoms with Crippen molar-refractivity contribution in [3.63, 3.8) is 0 Å². The first kappa shape index (κ1) is 24.0. The number of aromatic nitrogens is 3. The maximum absolute atomic E-state index is 13.4. The van der Waals surface area contributed by atoms with Gasteiger partial charge >= 0.3 is 0 Å². The molecule has 1 atom stereocenters. The topological polar surface area (TPSA) is 66.1 Å². The van der Waals surface area contributed by atoms with Crippen LogP contribution in [0.3, 0.4) is 0 Å². The average Bonchev–Trinajstić information content (AvgIpc) is 3.12. The largest absolute Gasteiger partial charge is 0.383 e. The van der Waals surface area contributed by atoms with E-state index in [9.17, 15) is 9.59 Å². The van der Waals surface area contributed by atoms with Gasteiger partial charge in [-0.05, 0) is 58.0 Å². The maximum atomic E-state index is 13.4. The number of rotatable bonds is 8. The highest BCUT2D eigenvalue weighted by Crippen LogP contribution is 2.26. The Morgan fingerprint density at radius 1 is 1.09 bits per heavy atom. The average molecular weight is 476 g/mol. The number of hydrogen-bond acceptors (Lipinski definition) is 5. The normalized spacial score (nSPS) is 12.3. The van der Waals surface area contributed by atoms with Gasteiger partial charge in [-0.15, -0.1) is 0 Å². The summed E-state index contributed by atoms with van der Waals surface area (Å²) in [6.07, 6.45) is 0. The molecule has 0 amide bonds. The molecule has 7 heteroatoms. The zero-order valence-electron chi connectivity index (χ0n) is 20.2. The molecule has 6 nitrogen and oxygen atoms in total. The Bertz CT molecular complexity index is 1400. The Kier molecular flexibility index (Phi) is 7.05. The number of carbonyl (C=O) groups excluding carboxylic acids is 1. The number of nitrogens with zero attached hydrogens (tertiary/aromatic N) is 3. The summed E-state index contributed by atoms with van der Waals surface area (Å²) in [5.74, 6) is 0.186. The lowest BCUT2D eigenvalue weighted by Crippen LogP contribution is -2.22. The predicted molar refractivity (Wildman–Crippen MR) is 138 cm³/mol. The van der Waals surface area contributed by atoms with Gasteiger partial charge in [0.2, 0.25) is 0 Å². The summed E-state index contributed by atoms with van der Waals surface area (Å²) in [5.41, 5.74) is 4.96. The van der Waals surface area contributed by atoms with Crippen molar-refractivity contribution in [1.82, 2.24) is 14.1 Å². The Hall–Kier alpha value is -3.16. The number of aryl methyl sites for hydroxylation is 2. The molecule has 0 spiro atoms. The molecule has 176 valence electrons. The van der Waals surface area contributed by atoms with E-state index in [1.165, 1.54) is 11.8 Å². The fourth-order valence-electron chi connectivity index (χ4n) is 4.39. The summed E-state index contributed by atoms with van der Waals surface area (Å²) in [6.45, 7) is 8.62. The number of para-hydroxylation sites is 1. The van der Waals surface area contributed by atoms with Gasteiger partial charge in [0, 0.05) is 24.1 Å². The zero-order valence-corrected chi connectivity index (χ0v) is 21.0. The number of Topliss-reactive ketones (excluding diaryl/α,β-unsaturated/α-hetero) is 1. The van der Waals surface area contributed by atoms with Crippen LogP contribution in [-0.2, 0) is 4.74 Å². The summed E-state index contributed by atoms with van der Waals surface area (Å²) in [7, 11) is 1.68. The van der Waals surface area contributed by atoms with Crippen LogP contribution in [0, 0.1) is 20.8 Å². The summed E-state index contributed by atoms with van der Waals surface area (Å²) in [4.78, 5) is 31.4. The molecular weight excluding hydrogens is 446 g/mol. The smallest absolute Gasteiger partial charge is 0.266 e. The number of fused-ring (bicyclic) bond motifs is 1. The maximum Gasteiger partial charge on any atom is 0.266 e. The van der Waals surface area contributed by atoms with Crippen molar-refractivity contribution < 1.29 is 9.53 Å². The third-order valence-electron chi connectivity index (χ3n) is 6.00. The molecule has 4 aromatic rings. The van der Waals surface area contributed by atoms with E-state index in [4.69, 9.17) is 9.72 Å². The van der Waals surface area contributed by atoms with Gasteiger partial charge in [0.1, 0.15) is 0 Å². The van der Waals surface area contributed by atoms with E-state index < -0.39 is 0 Å². The van der Waals surface area contributed by atoms with Gasteiger partial charge < -0.3 is 9.30 Å². The monoisotopic (exact) mass is 475 g/mol. The second-order valence-electron chi connectivity index (χ2n) is 8.56. The number of methoxy groups -OCH3 is 1. The second-order valence-corrected chi connectivity index (χ2v) is 9.50. The SMILES string of the molecule is COC[C@H](C)n1c(C)cc(C(=O)CSc2nc3ccccc3c(=O)n2-c2ccc(C)cc2)c1C. The van der Waals surface area contributed by atoms with Crippen molar-refractivity contribution in [1.29, 1.82) is 0 Å². The van der Waals surface area contributed by atoms with Gasteiger partial charge in [-0.25, -0.2) is 4.98 Å². The minimum Gasteiger partial charge on any atom is -0.383 e. The fourth-order valence-corrected chi connectivity index (χ4v) is 5.29. The molecule has 0 aliphatic heterocycles. The van der Waals surface area contributed by atoms with E-state index in [2.05, 4.69) is 11.5 Å². The van der Waals surface area contributed by atoms with Gasteiger partial charge in [0.15, 0.2) is 10.9 Å². The van der Waals surface area contributed by atoms with Crippen LogP contribution in [0.1, 0.15) is 40.3 Å². The quantitative estimate of drug-likeness (QED) is 0.197. The lowest BCUT2D eigenvalue weighted by Gasteiger charge is -2.17. The molecule has 2 aromatic heterocycles. The molecule has 0 bridgehead atoms. The van der Waals surface area contributed by atoms with Crippen molar-refractivity contribution >= 4 is 28.4 Å². The highest BCUT2D eigenvalue weighted by molar-refractivity contribution is 7.99. The second kappa shape index (κ2) is 9.99. The lowest BCUT2D eigenvalue weighted by atomic mass is 10.2. The molecule has 0 aliphatic rings. The number of ether oxygens (including phenoxy) is 1. The van der Waals surface area contributed by atoms with E-state index in [0.717, 1.165) is 22.6 Å². The number of carbonyl (C=O) groups is 1. The molecule has 2 aromatic carbocycles. The van der Waals surface area contributed by atoms with Crippen molar-refractivity contribution in [3.8, 4) is 5.69 Å². The molecule has 34 heavy (non-hydrogen) atoms. The predicted octanol–water partition coefficient (Wildman–Crippen LogP) is 5.29. The molecule has 0 unspecified atom stereocenters. The van der Waals surface area contributed by atoms with Crippen LogP contribution >= 0.6 is 11.8 Å². The number of hydrogen-bond donors (Lipinski definition) is 0. The molecule has 0 fully saturated rings. The van der Waals surface area contributed by atoms with E-state index >= 15 is 0 Å². The van der Waals surface area contributed by atoms with Crippen LogP contribution in [0.5, 0.6) is 0 Å². The van der Waals surface area contributed by atoms with E-state index in [0.29, 0.717) is 28.2 Å². The molecule has 0 saturated heterocycles. The van der Waals surface area contributed by atoms with Gasteiger partial charge in [0.05, 0.1) is 35.0 Å². The molecule has 0 saturated carbocycles. The zero-order chi connectivity index (χ0) is 24.4. The van der Waals surface area contributed by atoms with Crippen LogP contribution in [0.2, 0.25) is 0 Å². The van der Waals surface area contributed by atoms with E-state index in [-0.39, 0.29) is 23.1 Å². The Labute approximate surface area is 203 Å². The molecular formula is C27H29N3O3S. The molecule has 0 N–H and O–H groups in total. The van der Waals surface area contributed by atoms with Crippen molar-refractivity contribution in [2.75, 3.05) is 19.5 Å². The molecule has 2 heterocycles. The van der Waals surface area contributed by atoms with E-state index in [1.54, 1.807) is 17.7 Å². The lowest BCUT2D eigenvalue weighted by molar-refractivity contribution is 0.102. The van der Waals surface area contributed by atoms with Crippen LogP contribution in [0.25, 0.3) is 16.6 Å². The fraction of sp³-hybridized carbons (Fsp3) is 0.296. The summed E-state index contributed by atoms with van der Waals surface area (Å²) in [5, 5.41) is 1.05. The minimum absolute atomic E-state index is 0.00632. The molecule has 4 rings (SSSR count). The molecule has 0 radical (unpaired) electrons. The summed E-state index contributed by atoms with van der Waals surface area (Å²) >= 11 is 1.29. The van der Waals surface area contributed by atoms with Gasteiger partial charge in [-0.3, -0.25) is 14.2 Å². The number of ketones is 1. The Balaban J connectivity index is 1.70. The summed E-state index contributed by atoms with van der Waals surface area (Å²) in [6, 6.07) is 17.1. The summed E-state index contributed by atoms with van der Waals surface area (Å²) < 4.78 is 9.04. The van der Waals surface area contributed by atoms with Crippen molar-refractivity contribution in [2.45, 2.75) is 38.9 Å². The first-order chi connectivity index (χ1) is 16.3. The van der Waals surface area contributed by atoms with Crippen LogP contribution < -0.4 is 5.56 Å². The van der Waals surface area contributed by atoms with Crippen molar-refractivity contribution in [3.05, 3.63) is 87.5 Å². The highest BCUT2D eigenvalue weighted by atomic mass is 32.2. The van der Waals surface area contributed by atoms with E-state index in [1.807, 2.05) is 69.3 Å². The minimum atomic E-state index is -0.143. The van der Waals surface area contributed by atoms with Crippen LogP contribution in [0.15, 0.2) is 64.5 Å². The third-order valence-corrected chi connectivity index (χ3v) is 6.94. The third kappa shape index (κ3) is 4.58. The van der Waals surface area contributed by atoms with Gasteiger partial charge in [0.25, 0.3) is 5.56 Å². The van der Waals surface area contributed by atoms with Crippen molar-refractivity contribution in [2.24, 2.45) is 0 Å². The Morgan fingerprint density at radius 3 is 2.50 bits per heavy atom. The Morgan fingerprint density at radius 2 is 1.79 bits per heavy atom. The van der Waals surface area contributed by atoms with Crippen LogP contribution in [0.4, 0.5) is 0 Å². The molecule has 0 aliphatic carbocycles. The highest BCUT2D eigenvalue weighted by Gasteiger charge is 2.20. The first-order valence-electron chi connectivity index (χ1n) is 11.2. The van der Waals surface area contributed by atoms with Gasteiger partial charge in [-0.1, -0.05) is 41.6 Å². The van der Waals surface area contributed by atoms with Crippen LogP contribution in [-0.4, -0.2) is 39.4 Å². The number of thioether (sulfide) groups is 1. The van der Waals surface area contributed by atoms with Gasteiger partial charge in [-0.2, -0.15) is 0 Å². The number of benzene rings is 2. The first-order valence-corrected chi connectivity index (χ1v) is 12.2.